The molecule has 2 aromatic carbocycles. The number of carbonyl (C=O) groups excluding carboxylic acids is 2. The fourth-order valence-corrected chi connectivity index (χ4v) is 2.41. The standard InChI is InChI=1S/C20H20ClNO4/c1-12-4-6-15(7-5-12)10-17(20(24)25)22-18(23)11-26-16-8-13(2)19(21)14(3)9-16/h4-10H,11H2,1-3H3,(H,22,23)(H,24,25)/p-1/b17-10+. The van der Waals surface area contributed by atoms with E-state index in [1.54, 1.807) is 24.3 Å². The van der Waals surface area contributed by atoms with Crippen molar-refractivity contribution in [2.45, 2.75) is 20.8 Å². The number of hydrogen-bond acceptors (Lipinski definition) is 4. The zero-order valence-electron chi connectivity index (χ0n) is 14.8. The van der Waals surface area contributed by atoms with E-state index in [9.17, 15) is 14.7 Å². The molecular weight excluding hydrogens is 354 g/mol. The molecule has 0 aliphatic heterocycles. The second-order valence-electron chi connectivity index (χ2n) is 5.96. The van der Waals surface area contributed by atoms with Crippen LogP contribution in [-0.4, -0.2) is 18.5 Å². The Bertz CT molecular complexity index is 834. The molecular formula is C20H19ClNO4-. The molecule has 0 fully saturated rings. The van der Waals surface area contributed by atoms with Gasteiger partial charge in [-0.15, -0.1) is 0 Å². The van der Waals surface area contributed by atoms with Gasteiger partial charge in [-0.25, -0.2) is 0 Å². The number of aliphatic carboxylic acids is 1. The highest BCUT2D eigenvalue weighted by Crippen LogP contribution is 2.25. The van der Waals surface area contributed by atoms with E-state index in [0.717, 1.165) is 16.7 Å². The Balaban J connectivity index is 2.04. The average Bonchev–Trinajstić information content (AvgIpc) is 2.59. The summed E-state index contributed by atoms with van der Waals surface area (Å²) in [5.74, 6) is -1.59. The molecule has 2 aromatic rings. The molecule has 0 saturated carbocycles. The normalized spacial score (nSPS) is 11.2. The molecule has 0 heterocycles. The van der Waals surface area contributed by atoms with Gasteiger partial charge in [0.25, 0.3) is 5.91 Å². The summed E-state index contributed by atoms with van der Waals surface area (Å²) in [5, 5.41) is 14.2. The lowest BCUT2D eigenvalue weighted by Gasteiger charge is -2.13. The highest BCUT2D eigenvalue weighted by molar-refractivity contribution is 6.32. The SMILES string of the molecule is Cc1ccc(/C=C(/NC(=O)COc2cc(C)c(Cl)c(C)c2)C(=O)[O-])cc1. The summed E-state index contributed by atoms with van der Waals surface area (Å²) in [5.41, 5.74) is 3.02. The maximum absolute atomic E-state index is 12.0. The Kier molecular flexibility index (Phi) is 6.41. The van der Waals surface area contributed by atoms with Crippen LogP contribution >= 0.6 is 11.6 Å². The molecule has 0 aliphatic carbocycles. The largest absolute Gasteiger partial charge is 0.543 e. The van der Waals surface area contributed by atoms with Crippen LogP contribution in [0, 0.1) is 20.8 Å². The fourth-order valence-electron chi connectivity index (χ4n) is 2.30. The molecule has 0 aromatic heterocycles. The number of carbonyl (C=O) groups is 2. The number of nitrogens with one attached hydrogen (secondary N) is 1. The van der Waals surface area contributed by atoms with Gasteiger partial charge >= 0.3 is 0 Å². The molecule has 0 bridgehead atoms. The van der Waals surface area contributed by atoms with Crippen molar-refractivity contribution in [1.82, 2.24) is 5.32 Å². The molecule has 2 rings (SSSR count). The minimum absolute atomic E-state index is 0.328. The first-order valence-corrected chi connectivity index (χ1v) is 8.33. The lowest BCUT2D eigenvalue weighted by Crippen LogP contribution is -2.37. The topological polar surface area (TPSA) is 78.5 Å². The van der Waals surface area contributed by atoms with Gasteiger partial charge in [0.2, 0.25) is 0 Å². The van der Waals surface area contributed by atoms with Crippen LogP contribution < -0.4 is 15.2 Å². The van der Waals surface area contributed by atoms with Crippen LogP contribution in [0.5, 0.6) is 5.75 Å². The predicted octanol–water partition coefficient (Wildman–Crippen LogP) is 2.55. The van der Waals surface area contributed by atoms with Crippen molar-refractivity contribution in [2.24, 2.45) is 0 Å². The predicted molar refractivity (Wildman–Crippen MR) is 98.7 cm³/mol. The molecule has 26 heavy (non-hydrogen) atoms. The number of ether oxygens (including phenoxy) is 1. The van der Waals surface area contributed by atoms with Crippen LogP contribution in [0.3, 0.4) is 0 Å². The summed E-state index contributed by atoms with van der Waals surface area (Å²) in [6, 6.07) is 10.6. The Morgan fingerprint density at radius 2 is 1.69 bits per heavy atom. The Morgan fingerprint density at radius 3 is 2.23 bits per heavy atom. The molecule has 0 spiro atoms. The summed E-state index contributed by atoms with van der Waals surface area (Å²) in [7, 11) is 0. The van der Waals surface area contributed by atoms with E-state index in [4.69, 9.17) is 16.3 Å². The second-order valence-corrected chi connectivity index (χ2v) is 6.34. The Morgan fingerprint density at radius 1 is 1.12 bits per heavy atom. The monoisotopic (exact) mass is 372 g/mol. The third-order valence-electron chi connectivity index (χ3n) is 3.66. The summed E-state index contributed by atoms with van der Waals surface area (Å²) in [6.07, 6.45) is 1.34. The molecule has 0 saturated heterocycles. The Hall–Kier alpha value is -2.79. The maximum Gasteiger partial charge on any atom is 0.262 e. The van der Waals surface area contributed by atoms with E-state index in [0.29, 0.717) is 16.3 Å². The van der Waals surface area contributed by atoms with Gasteiger partial charge in [-0.05, 0) is 55.7 Å². The minimum atomic E-state index is -1.47. The molecule has 1 N–H and O–H groups in total. The minimum Gasteiger partial charge on any atom is -0.543 e. The van der Waals surface area contributed by atoms with Crippen molar-refractivity contribution in [2.75, 3.05) is 6.61 Å². The van der Waals surface area contributed by atoms with E-state index >= 15 is 0 Å². The molecule has 0 radical (unpaired) electrons. The van der Waals surface area contributed by atoms with Gasteiger partial charge in [0.15, 0.2) is 6.61 Å². The van der Waals surface area contributed by atoms with Crippen LogP contribution in [-0.2, 0) is 9.59 Å². The van der Waals surface area contributed by atoms with E-state index < -0.39 is 11.9 Å². The first-order chi connectivity index (χ1) is 12.3. The molecule has 1 amide bonds. The van der Waals surface area contributed by atoms with Crippen LogP contribution in [0.1, 0.15) is 22.3 Å². The molecule has 0 unspecified atom stereocenters. The van der Waals surface area contributed by atoms with E-state index in [-0.39, 0.29) is 12.3 Å². The second kappa shape index (κ2) is 8.54. The lowest BCUT2D eigenvalue weighted by molar-refractivity contribution is -0.299. The third kappa shape index (κ3) is 5.36. The van der Waals surface area contributed by atoms with Gasteiger partial charge in [-0.3, -0.25) is 4.79 Å². The van der Waals surface area contributed by atoms with Crippen molar-refractivity contribution in [3.05, 3.63) is 69.4 Å². The first kappa shape index (κ1) is 19.5. The number of amides is 1. The number of halogens is 1. The van der Waals surface area contributed by atoms with Crippen LogP contribution in [0.4, 0.5) is 0 Å². The molecule has 136 valence electrons. The quantitative estimate of drug-likeness (QED) is 0.790. The summed E-state index contributed by atoms with van der Waals surface area (Å²) < 4.78 is 5.42. The average molecular weight is 373 g/mol. The Labute approximate surface area is 157 Å². The van der Waals surface area contributed by atoms with E-state index in [1.807, 2.05) is 32.9 Å². The first-order valence-electron chi connectivity index (χ1n) is 7.95. The van der Waals surface area contributed by atoms with Gasteiger partial charge in [0.1, 0.15) is 5.75 Å². The molecule has 0 aliphatic rings. The van der Waals surface area contributed by atoms with Gasteiger partial charge in [-0.2, -0.15) is 0 Å². The summed E-state index contributed by atoms with van der Waals surface area (Å²) in [6.45, 7) is 5.26. The van der Waals surface area contributed by atoms with Crippen LogP contribution in [0.15, 0.2) is 42.1 Å². The zero-order valence-corrected chi connectivity index (χ0v) is 15.5. The number of hydrogen-bond donors (Lipinski definition) is 1. The summed E-state index contributed by atoms with van der Waals surface area (Å²) in [4.78, 5) is 23.3. The van der Waals surface area contributed by atoms with Crippen LogP contribution in [0.25, 0.3) is 6.08 Å². The van der Waals surface area contributed by atoms with Gasteiger partial charge < -0.3 is 20.0 Å². The summed E-state index contributed by atoms with van der Waals surface area (Å²) >= 11 is 6.09. The molecule has 6 heteroatoms. The smallest absolute Gasteiger partial charge is 0.262 e. The van der Waals surface area contributed by atoms with Gasteiger partial charge in [-0.1, -0.05) is 41.4 Å². The molecule has 5 nitrogen and oxygen atoms in total. The van der Waals surface area contributed by atoms with Crippen molar-refractivity contribution < 1.29 is 19.4 Å². The van der Waals surface area contributed by atoms with Gasteiger partial charge in [0.05, 0.1) is 11.7 Å². The van der Waals surface area contributed by atoms with E-state index in [1.165, 1.54) is 6.08 Å². The van der Waals surface area contributed by atoms with Crippen molar-refractivity contribution in [3.8, 4) is 5.75 Å². The van der Waals surface area contributed by atoms with Crippen molar-refractivity contribution in [3.63, 3.8) is 0 Å². The zero-order chi connectivity index (χ0) is 19.3. The lowest BCUT2D eigenvalue weighted by atomic mass is 10.1. The van der Waals surface area contributed by atoms with Crippen LogP contribution in [0.2, 0.25) is 5.02 Å². The number of rotatable bonds is 6. The number of benzene rings is 2. The molecule has 0 atom stereocenters. The number of carboxylic acid groups (broad SMARTS) is 1. The third-order valence-corrected chi connectivity index (χ3v) is 4.26. The van der Waals surface area contributed by atoms with E-state index in [2.05, 4.69) is 5.32 Å². The highest BCUT2D eigenvalue weighted by Gasteiger charge is 2.09. The number of carboxylic acids is 1. The highest BCUT2D eigenvalue weighted by atomic mass is 35.5. The number of aryl methyl sites for hydroxylation is 3. The fraction of sp³-hybridized carbons (Fsp3) is 0.200. The van der Waals surface area contributed by atoms with Crippen molar-refractivity contribution in [1.29, 1.82) is 0 Å². The van der Waals surface area contributed by atoms with Crippen molar-refractivity contribution >= 4 is 29.6 Å². The maximum atomic E-state index is 12.0. The van der Waals surface area contributed by atoms with Gasteiger partial charge in [0, 0.05) is 5.02 Å².